The van der Waals surface area contributed by atoms with Crippen LogP contribution in [0.15, 0.2) is 59.5 Å². The molecule has 10 nitrogen and oxygen atoms in total. The van der Waals surface area contributed by atoms with E-state index < -0.39 is 32.9 Å². The third kappa shape index (κ3) is 5.54. The van der Waals surface area contributed by atoms with Gasteiger partial charge in [0, 0.05) is 25.4 Å². The fourth-order valence-electron chi connectivity index (χ4n) is 3.80. The standard InChI is InChI=1S/C24H23FN6O4S.ClH/c1-3-31-22(26)20(24(33)27-2)21(32)16-8-10-18(29-23(16)31)14-7-9-19(17(25)12-14)30-36(34,35)13-15-6-4-5-11-28-15;/h4-12,30H,3,13,26H2,1-2H3,(H,27,33);1H. The Morgan fingerprint density at radius 1 is 1.16 bits per heavy atom. The highest BCUT2D eigenvalue weighted by molar-refractivity contribution is 7.91. The Kier molecular flexibility index (Phi) is 8.14. The first-order chi connectivity index (χ1) is 17.1. The summed E-state index contributed by atoms with van der Waals surface area (Å²) in [6.07, 6.45) is 1.47. The van der Waals surface area contributed by atoms with E-state index in [-0.39, 0.29) is 40.5 Å². The molecule has 1 aromatic carbocycles. The van der Waals surface area contributed by atoms with Gasteiger partial charge in [0.2, 0.25) is 15.5 Å². The van der Waals surface area contributed by atoms with Gasteiger partial charge in [-0.2, -0.15) is 0 Å². The van der Waals surface area contributed by atoms with Crippen LogP contribution in [-0.4, -0.2) is 35.9 Å². The number of amides is 1. The molecule has 0 aliphatic carbocycles. The number of benzene rings is 1. The molecule has 0 aliphatic heterocycles. The number of aromatic nitrogens is 3. The topological polar surface area (TPSA) is 149 Å². The molecule has 3 heterocycles. The van der Waals surface area contributed by atoms with Crippen LogP contribution in [0.5, 0.6) is 0 Å². The lowest BCUT2D eigenvalue weighted by molar-refractivity contribution is 0.0962. The van der Waals surface area contributed by atoms with Gasteiger partial charge >= 0.3 is 0 Å². The smallest absolute Gasteiger partial charge is 0.258 e. The predicted molar refractivity (Wildman–Crippen MR) is 143 cm³/mol. The van der Waals surface area contributed by atoms with Crippen molar-refractivity contribution in [1.82, 2.24) is 19.9 Å². The zero-order valence-corrected chi connectivity index (χ0v) is 21.5. The van der Waals surface area contributed by atoms with Crippen molar-refractivity contribution >= 4 is 50.9 Å². The highest BCUT2D eigenvalue weighted by atomic mass is 35.5. The molecule has 0 saturated carbocycles. The Hall–Kier alpha value is -4.03. The first-order valence-electron chi connectivity index (χ1n) is 10.9. The molecule has 4 aromatic rings. The number of pyridine rings is 3. The average molecular weight is 547 g/mol. The van der Waals surface area contributed by atoms with Crippen molar-refractivity contribution in [3.63, 3.8) is 0 Å². The van der Waals surface area contributed by atoms with Gasteiger partial charge in [0.1, 0.15) is 28.6 Å². The summed E-state index contributed by atoms with van der Waals surface area (Å²) in [5, 5.41) is 2.60. The summed E-state index contributed by atoms with van der Waals surface area (Å²) in [6, 6.07) is 11.8. The zero-order valence-electron chi connectivity index (χ0n) is 19.9. The molecule has 194 valence electrons. The van der Waals surface area contributed by atoms with Crippen LogP contribution in [0, 0.1) is 5.82 Å². The minimum absolute atomic E-state index is 0. The van der Waals surface area contributed by atoms with E-state index in [1.165, 1.54) is 42.1 Å². The number of anilines is 2. The van der Waals surface area contributed by atoms with Gasteiger partial charge in [0.05, 0.1) is 22.5 Å². The summed E-state index contributed by atoms with van der Waals surface area (Å²) in [5.41, 5.74) is 6.41. The zero-order chi connectivity index (χ0) is 26.0. The molecule has 0 aliphatic rings. The van der Waals surface area contributed by atoms with E-state index in [1.807, 2.05) is 0 Å². The molecule has 13 heteroatoms. The van der Waals surface area contributed by atoms with Crippen LogP contribution in [0.1, 0.15) is 23.0 Å². The Morgan fingerprint density at radius 2 is 1.92 bits per heavy atom. The number of fused-ring (bicyclic) bond motifs is 1. The van der Waals surface area contributed by atoms with Crippen molar-refractivity contribution in [2.75, 3.05) is 17.5 Å². The Morgan fingerprint density at radius 3 is 2.54 bits per heavy atom. The van der Waals surface area contributed by atoms with Gasteiger partial charge in [-0.05, 0) is 43.3 Å². The molecule has 1 amide bonds. The largest absolute Gasteiger partial charge is 0.384 e. The molecular weight excluding hydrogens is 523 g/mol. The van der Waals surface area contributed by atoms with Crippen molar-refractivity contribution < 1.29 is 17.6 Å². The van der Waals surface area contributed by atoms with Crippen molar-refractivity contribution in [2.45, 2.75) is 19.2 Å². The van der Waals surface area contributed by atoms with Crippen LogP contribution in [0.4, 0.5) is 15.9 Å². The third-order valence-corrected chi connectivity index (χ3v) is 6.72. The summed E-state index contributed by atoms with van der Waals surface area (Å²) in [7, 11) is -2.50. The highest BCUT2D eigenvalue weighted by Crippen LogP contribution is 2.26. The minimum Gasteiger partial charge on any atom is -0.384 e. The number of rotatable bonds is 7. The SMILES string of the molecule is CCn1c(N)c(C(=O)NC)c(=O)c2ccc(-c3ccc(NS(=O)(=O)Cc4ccccn4)c(F)c3)nc21.Cl. The molecule has 37 heavy (non-hydrogen) atoms. The molecule has 4 N–H and O–H groups in total. The van der Waals surface area contributed by atoms with Crippen molar-refractivity contribution in [3.8, 4) is 11.3 Å². The summed E-state index contributed by atoms with van der Waals surface area (Å²) < 4.78 is 43.6. The molecule has 0 fully saturated rings. The van der Waals surface area contributed by atoms with E-state index in [2.05, 4.69) is 20.0 Å². The number of carbonyl (C=O) groups excluding carboxylic acids is 1. The number of halogens is 2. The molecule has 3 aromatic heterocycles. The second-order valence-corrected chi connectivity index (χ2v) is 9.58. The second-order valence-electron chi connectivity index (χ2n) is 7.86. The molecule has 0 spiro atoms. The fourth-order valence-corrected chi connectivity index (χ4v) is 4.93. The van der Waals surface area contributed by atoms with Crippen molar-refractivity contribution in [1.29, 1.82) is 0 Å². The van der Waals surface area contributed by atoms with E-state index in [1.54, 1.807) is 25.1 Å². The van der Waals surface area contributed by atoms with E-state index in [4.69, 9.17) is 5.73 Å². The number of sulfonamides is 1. The molecular formula is C24H24ClFN6O4S. The van der Waals surface area contributed by atoms with E-state index >= 15 is 0 Å². The average Bonchev–Trinajstić information content (AvgIpc) is 2.85. The highest BCUT2D eigenvalue weighted by Gasteiger charge is 2.21. The lowest BCUT2D eigenvalue weighted by Crippen LogP contribution is -2.30. The number of nitrogen functional groups attached to an aromatic ring is 1. The first kappa shape index (κ1) is 27.6. The molecule has 0 saturated heterocycles. The molecule has 4 rings (SSSR count). The molecule has 0 radical (unpaired) electrons. The Bertz CT molecular complexity index is 1650. The van der Waals surface area contributed by atoms with Gasteiger partial charge in [-0.1, -0.05) is 12.1 Å². The van der Waals surface area contributed by atoms with Gasteiger partial charge in [-0.25, -0.2) is 17.8 Å². The normalized spacial score (nSPS) is 11.1. The quantitative estimate of drug-likeness (QED) is 0.322. The van der Waals surface area contributed by atoms with Gasteiger partial charge in [-0.3, -0.25) is 19.3 Å². The summed E-state index contributed by atoms with van der Waals surface area (Å²) in [5.74, 6) is -1.84. The monoisotopic (exact) mass is 546 g/mol. The second kappa shape index (κ2) is 10.9. The maximum absolute atomic E-state index is 14.9. The van der Waals surface area contributed by atoms with Gasteiger partial charge in [0.25, 0.3) is 5.91 Å². The summed E-state index contributed by atoms with van der Waals surface area (Å²) in [6.45, 7) is 2.11. The molecule has 0 unspecified atom stereocenters. The lowest BCUT2D eigenvalue weighted by Gasteiger charge is -2.16. The van der Waals surface area contributed by atoms with Crippen LogP contribution < -0.4 is 21.2 Å². The van der Waals surface area contributed by atoms with Crippen LogP contribution in [0.3, 0.4) is 0 Å². The van der Waals surface area contributed by atoms with E-state index in [0.29, 0.717) is 23.5 Å². The number of hydrogen-bond donors (Lipinski definition) is 3. The van der Waals surface area contributed by atoms with Gasteiger partial charge in [-0.15, -0.1) is 12.4 Å². The number of nitrogens with two attached hydrogens (primary N) is 1. The van der Waals surface area contributed by atoms with Crippen molar-refractivity contribution in [2.24, 2.45) is 0 Å². The Balaban J connectivity index is 0.00000380. The van der Waals surface area contributed by atoms with Crippen LogP contribution in [-0.2, 0) is 22.3 Å². The predicted octanol–water partition coefficient (Wildman–Crippen LogP) is 2.92. The van der Waals surface area contributed by atoms with Crippen LogP contribution in [0.2, 0.25) is 0 Å². The van der Waals surface area contributed by atoms with Gasteiger partial charge in [0.15, 0.2) is 0 Å². The van der Waals surface area contributed by atoms with Crippen molar-refractivity contribution in [3.05, 3.63) is 82.0 Å². The third-order valence-electron chi connectivity index (χ3n) is 5.51. The fraction of sp³-hybridized carbons (Fsp3) is 0.167. The van der Waals surface area contributed by atoms with E-state index in [9.17, 15) is 22.4 Å². The number of nitrogens with one attached hydrogen (secondary N) is 2. The summed E-state index contributed by atoms with van der Waals surface area (Å²) in [4.78, 5) is 33.6. The number of hydrogen-bond acceptors (Lipinski definition) is 7. The lowest BCUT2D eigenvalue weighted by atomic mass is 10.1. The molecule has 0 atom stereocenters. The number of aryl methyl sites for hydroxylation is 1. The van der Waals surface area contributed by atoms with Crippen LogP contribution in [0.25, 0.3) is 22.3 Å². The minimum atomic E-state index is -3.90. The Labute approximate surface area is 218 Å². The number of carbonyl (C=O) groups is 1. The maximum atomic E-state index is 14.9. The first-order valence-corrected chi connectivity index (χ1v) is 12.6. The van der Waals surface area contributed by atoms with E-state index in [0.717, 1.165) is 6.07 Å². The van der Waals surface area contributed by atoms with Crippen LogP contribution >= 0.6 is 12.4 Å². The molecule has 0 bridgehead atoms. The van der Waals surface area contributed by atoms with Gasteiger partial charge < -0.3 is 15.6 Å². The summed E-state index contributed by atoms with van der Waals surface area (Å²) >= 11 is 0. The maximum Gasteiger partial charge on any atom is 0.258 e. The number of nitrogens with zero attached hydrogens (tertiary/aromatic N) is 3.